The van der Waals surface area contributed by atoms with Crippen LogP contribution in [0, 0.1) is 0 Å². The molecule has 7 heteroatoms. The highest BCUT2D eigenvalue weighted by atomic mass is 32.2. The molecule has 2 atom stereocenters. The Morgan fingerprint density at radius 1 is 1.03 bits per heavy atom. The van der Waals surface area contributed by atoms with Crippen molar-refractivity contribution in [1.82, 2.24) is 14.8 Å². The van der Waals surface area contributed by atoms with Crippen molar-refractivity contribution in [2.45, 2.75) is 21.3 Å². The van der Waals surface area contributed by atoms with Crippen molar-refractivity contribution in [2.24, 2.45) is 0 Å². The van der Waals surface area contributed by atoms with Crippen molar-refractivity contribution >= 4 is 35.1 Å². The lowest BCUT2D eigenvalue weighted by Crippen LogP contribution is -2.48. The normalized spacial score (nSPS) is 19.7. The Bertz CT molecular complexity index is 1090. The summed E-state index contributed by atoms with van der Waals surface area (Å²) in [6.07, 6.45) is 10.0. The molecule has 29 heavy (non-hydrogen) atoms. The lowest BCUT2D eigenvalue weighted by atomic mass is 10.0. The molecule has 1 aliphatic heterocycles. The minimum absolute atomic E-state index is 0.0304. The lowest BCUT2D eigenvalue weighted by Gasteiger charge is -2.40. The van der Waals surface area contributed by atoms with Crippen molar-refractivity contribution in [3.05, 3.63) is 85.2 Å². The van der Waals surface area contributed by atoms with Gasteiger partial charge in [0.2, 0.25) is 11.1 Å². The van der Waals surface area contributed by atoms with E-state index in [1.165, 1.54) is 11.8 Å². The maximum Gasteiger partial charge on any atom is 0.238 e. The van der Waals surface area contributed by atoms with Gasteiger partial charge in [-0.15, -0.1) is 16.9 Å². The second-order valence-electron chi connectivity index (χ2n) is 6.67. The molecule has 0 saturated heterocycles. The Labute approximate surface area is 177 Å². The fourth-order valence-electron chi connectivity index (χ4n) is 3.50. The number of carbonyl (C=O) groups excluding carboxylic acids is 1. The average molecular weight is 419 g/mol. The smallest absolute Gasteiger partial charge is 0.238 e. The third kappa shape index (κ3) is 3.63. The van der Waals surface area contributed by atoms with E-state index in [0.717, 1.165) is 16.3 Å². The van der Waals surface area contributed by atoms with Gasteiger partial charge >= 0.3 is 0 Å². The number of fused-ring (bicyclic) bond motifs is 2. The zero-order valence-electron chi connectivity index (χ0n) is 15.5. The largest absolute Gasteiger partial charge is 0.302 e. The van der Waals surface area contributed by atoms with Gasteiger partial charge in [-0.05, 0) is 24.3 Å². The average Bonchev–Trinajstić information content (AvgIpc) is 3.25. The van der Waals surface area contributed by atoms with E-state index in [2.05, 4.69) is 34.4 Å². The third-order valence-electron chi connectivity index (χ3n) is 4.83. The number of carbonyl (C=O) groups is 1. The SMILES string of the molecule is O=C(CSc1ncn(-c2ccccc2)n1)N1c2ccccc2S[C@@H]2C=CC=C[C@@H]21. The van der Waals surface area contributed by atoms with Crippen LogP contribution in [-0.2, 0) is 4.79 Å². The Balaban J connectivity index is 1.34. The van der Waals surface area contributed by atoms with Crippen molar-refractivity contribution in [3.63, 3.8) is 0 Å². The molecule has 0 N–H and O–H groups in total. The standard InChI is InChI=1S/C22H18N4OS2/c27-21(14-28-22-23-15-25(24-22)16-8-2-1-3-9-16)26-17-10-4-6-12-19(17)29-20-13-7-5-11-18(20)26/h1-13,15,17,19H,14H2/t17-,19+/m0/s1. The van der Waals surface area contributed by atoms with Crippen LogP contribution in [0.2, 0.25) is 0 Å². The Morgan fingerprint density at radius 3 is 2.72 bits per heavy atom. The second kappa shape index (κ2) is 7.93. The number of thioether (sulfide) groups is 2. The van der Waals surface area contributed by atoms with Crippen LogP contribution in [0.3, 0.4) is 0 Å². The molecule has 0 unspecified atom stereocenters. The van der Waals surface area contributed by atoms with Crippen molar-refractivity contribution in [2.75, 3.05) is 10.7 Å². The highest BCUT2D eigenvalue weighted by Gasteiger charge is 2.36. The van der Waals surface area contributed by atoms with Crippen LogP contribution in [0.5, 0.6) is 0 Å². The second-order valence-corrected chi connectivity index (χ2v) is 8.83. The Kier molecular flexibility index (Phi) is 4.99. The molecular weight excluding hydrogens is 400 g/mol. The fraction of sp³-hybridized carbons (Fsp3) is 0.136. The van der Waals surface area contributed by atoms with Crippen LogP contribution in [0.15, 0.2) is 95.3 Å². The van der Waals surface area contributed by atoms with Crippen LogP contribution in [0.4, 0.5) is 5.69 Å². The summed E-state index contributed by atoms with van der Waals surface area (Å²) in [4.78, 5) is 20.7. The predicted molar refractivity (Wildman–Crippen MR) is 118 cm³/mol. The first-order chi connectivity index (χ1) is 14.3. The van der Waals surface area contributed by atoms with Crippen molar-refractivity contribution in [3.8, 4) is 5.69 Å². The van der Waals surface area contributed by atoms with Gasteiger partial charge in [-0.2, -0.15) is 0 Å². The highest BCUT2D eigenvalue weighted by Crippen LogP contribution is 2.43. The number of amides is 1. The van der Waals surface area contributed by atoms with Gasteiger partial charge in [0.15, 0.2) is 0 Å². The summed E-state index contributed by atoms with van der Waals surface area (Å²) in [5.41, 5.74) is 1.93. The molecule has 1 aromatic heterocycles. The molecule has 2 aliphatic rings. The monoisotopic (exact) mass is 418 g/mol. The van der Waals surface area contributed by atoms with Crippen LogP contribution in [0.1, 0.15) is 0 Å². The molecule has 0 radical (unpaired) electrons. The molecule has 5 rings (SSSR count). The number of allylic oxidation sites excluding steroid dienone is 2. The molecule has 0 fully saturated rings. The van der Waals surface area contributed by atoms with E-state index in [0.29, 0.717) is 10.9 Å². The highest BCUT2D eigenvalue weighted by molar-refractivity contribution is 8.00. The number of hydrogen-bond acceptors (Lipinski definition) is 5. The van der Waals surface area contributed by atoms with E-state index < -0.39 is 0 Å². The first-order valence-electron chi connectivity index (χ1n) is 9.32. The minimum Gasteiger partial charge on any atom is -0.302 e. The summed E-state index contributed by atoms with van der Waals surface area (Å²) in [5, 5.41) is 5.32. The van der Waals surface area contributed by atoms with Crippen molar-refractivity contribution < 1.29 is 4.79 Å². The van der Waals surface area contributed by atoms with E-state index in [-0.39, 0.29) is 17.2 Å². The number of benzene rings is 2. The Hall–Kier alpha value is -2.77. The molecule has 0 saturated carbocycles. The summed E-state index contributed by atoms with van der Waals surface area (Å²) >= 11 is 3.18. The van der Waals surface area contributed by atoms with Crippen LogP contribution >= 0.6 is 23.5 Å². The van der Waals surface area contributed by atoms with Gasteiger partial charge in [-0.1, -0.05) is 66.4 Å². The molecular formula is C22H18N4OS2. The van der Waals surface area contributed by atoms with E-state index in [1.807, 2.05) is 71.3 Å². The van der Waals surface area contributed by atoms with Crippen molar-refractivity contribution in [1.29, 1.82) is 0 Å². The molecule has 3 aromatic rings. The lowest BCUT2D eigenvalue weighted by molar-refractivity contribution is -0.116. The summed E-state index contributed by atoms with van der Waals surface area (Å²) in [6, 6.07) is 18.0. The summed E-state index contributed by atoms with van der Waals surface area (Å²) in [5.74, 6) is 0.354. The molecule has 0 bridgehead atoms. The first-order valence-corrected chi connectivity index (χ1v) is 11.2. The topological polar surface area (TPSA) is 51.0 Å². The fourth-order valence-corrected chi connectivity index (χ4v) is 5.41. The summed E-state index contributed by atoms with van der Waals surface area (Å²) < 4.78 is 1.73. The van der Waals surface area contributed by atoms with E-state index in [1.54, 1.807) is 11.0 Å². The number of hydrogen-bond donors (Lipinski definition) is 0. The first kappa shape index (κ1) is 18.3. The molecule has 0 spiro atoms. The molecule has 1 amide bonds. The number of aromatic nitrogens is 3. The van der Waals surface area contributed by atoms with E-state index in [9.17, 15) is 4.79 Å². The van der Waals surface area contributed by atoms with Gasteiger partial charge in [0, 0.05) is 4.90 Å². The third-order valence-corrected chi connectivity index (χ3v) is 6.97. The van der Waals surface area contributed by atoms with Gasteiger partial charge in [-0.25, -0.2) is 9.67 Å². The number of rotatable bonds is 4. The minimum atomic E-state index is 0.0304. The zero-order valence-corrected chi connectivity index (χ0v) is 17.1. The van der Waals surface area contributed by atoms with Crippen LogP contribution in [-0.4, -0.2) is 37.7 Å². The van der Waals surface area contributed by atoms with Gasteiger partial charge in [0.05, 0.1) is 28.4 Å². The van der Waals surface area contributed by atoms with Gasteiger partial charge in [0.25, 0.3) is 0 Å². The van der Waals surface area contributed by atoms with Gasteiger partial charge in [-0.3, -0.25) is 4.79 Å². The van der Waals surface area contributed by atoms with E-state index in [4.69, 9.17) is 0 Å². The van der Waals surface area contributed by atoms with Crippen LogP contribution < -0.4 is 4.90 Å². The van der Waals surface area contributed by atoms with E-state index >= 15 is 0 Å². The number of para-hydroxylation sites is 2. The molecule has 144 valence electrons. The van der Waals surface area contributed by atoms with Gasteiger partial charge in [0.1, 0.15) is 6.33 Å². The zero-order chi connectivity index (χ0) is 19.6. The van der Waals surface area contributed by atoms with Gasteiger partial charge < -0.3 is 4.90 Å². The maximum atomic E-state index is 13.2. The molecule has 2 aromatic carbocycles. The predicted octanol–water partition coefficient (Wildman–Crippen LogP) is 4.36. The summed E-state index contributed by atoms with van der Waals surface area (Å²) in [6.45, 7) is 0. The number of nitrogens with zero attached hydrogens (tertiary/aromatic N) is 4. The Morgan fingerprint density at radius 2 is 1.83 bits per heavy atom. The summed E-state index contributed by atoms with van der Waals surface area (Å²) in [7, 11) is 0. The molecule has 5 nitrogen and oxygen atoms in total. The molecule has 1 aliphatic carbocycles. The number of anilines is 1. The molecule has 2 heterocycles. The maximum absolute atomic E-state index is 13.2. The quantitative estimate of drug-likeness (QED) is 0.589. The van der Waals surface area contributed by atoms with Crippen LogP contribution in [0.25, 0.3) is 5.69 Å².